The van der Waals surface area contributed by atoms with Crippen molar-refractivity contribution >= 4 is 18.9 Å². The largest absolute Gasteiger partial charge is 0.496 e. The van der Waals surface area contributed by atoms with E-state index in [1.165, 1.54) is 14.2 Å². The highest BCUT2D eigenvalue weighted by molar-refractivity contribution is 7.63. The highest BCUT2D eigenvalue weighted by atomic mass is 31.2. The lowest BCUT2D eigenvalue weighted by atomic mass is 10.1. The molecule has 1 aromatic carbocycles. The minimum atomic E-state index is -3.47. The van der Waals surface area contributed by atoms with Crippen LogP contribution in [0.4, 0.5) is 0 Å². The van der Waals surface area contributed by atoms with E-state index in [0.29, 0.717) is 16.6 Å². The molecule has 1 aromatic rings. The number of esters is 1. The van der Waals surface area contributed by atoms with Crippen LogP contribution >= 0.6 is 7.60 Å². The van der Waals surface area contributed by atoms with Crippen LogP contribution in [0.3, 0.4) is 0 Å². The van der Waals surface area contributed by atoms with Gasteiger partial charge in [0.1, 0.15) is 17.2 Å². The van der Waals surface area contributed by atoms with Crippen molar-refractivity contribution < 1.29 is 27.9 Å². The predicted octanol–water partition coefficient (Wildman–Crippen LogP) is 2.18. The normalized spacial score (nSPS) is 24.2. The lowest BCUT2D eigenvalue weighted by Crippen LogP contribution is -2.11. The van der Waals surface area contributed by atoms with Gasteiger partial charge in [-0.3, -0.25) is 13.9 Å². The van der Waals surface area contributed by atoms with E-state index in [9.17, 15) is 9.36 Å². The second-order valence-electron chi connectivity index (χ2n) is 4.19. The maximum Gasteiger partial charge on any atom is 0.366 e. The van der Waals surface area contributed by atoms with E-state index in [1.807, 2.05) is 0 Å². The van der Waals surface area contributed by atoms with Gasteiger partial charge in [-0.15, -0.1) is 0 Å². The molecule has 6 nitrogen and oxygen atoms in total. The fourth-order valence-electron chi connectivity index (χ4n) is 2.18. The van der Waals surface area contributed by atoms with Crippen molar-refractivity contribution in [3.63, 3.8) is 0 Å². The Kier molecular flexibility index (Phi) is 4.48. The van der Waals surface area contributed by atoms with Gasteiger partial charge in [0, 0.05) is 5.56 Å². The SMILES string of the molecule is CCOP1(=O)OC(CC(=O)OC)c2cccc(OC)c21. The summed E-state index contributed by atoms with van der Waals surface area (Å²) in [5.74, 6) is 0.000340. The highest BCUT2D eigenvalue weighted by Crippen LogP contribution is 2.59. The monoisotopic (exact) mass is 300 g/mol. The molecular formula is C13H17O6P. The molecule has 0 aliphatic carbocycles. The Balaban J connectivity index is 2.46. The number of benzene rings is 1. The molecular weight excluding hydrogens is 283 g/mol. The molecule has 110 valence electrons. The van der Waals surface area contributed by atoms with Crippen molar-refractivity contribution in [1.29, 1.82) is 0 Å². The summed E-state index contributed by atoms with van der Waals surface area (Å²) >= 11 is 0. The lowest BCUT2D eigenvalue weighted by molar-refractivity contribution is -0.142. The Morgan fingerprint density at radius 1 is 1.40 bits per heavy atom. The summed E-state index contributed by atoms with van der Waals surface area (Å²) in [6, 6.07) is 5.20. The van der Waals surface area contributed by atoms with E-state index in [4.69, 9.17) is 13.8 Å². The molecule has 0 radical (unpaired) electrons. The van der Waals surface area contributed by atoms with Gasteiger partial charge in [-0.25, -0.2) is 0 Å². The standard InChI is InChI=1S/C13H17O6P/c1-4-18-20(15)13-9(6-5-7-10(13)16-2)11(19-20)8-12(14)17-3/h5-7,11H,4,8H2,1-3H3. The third-order valence-electron chi connectivity index (χ3n) is 3.02. The minimum absolute atomic E-state index is 0.0201. The summed E-state index contributed by atoms with van der Waals surface area (Å²) < 4.78 is 33.5. The number of hydrogen-bond donors (Lipinski definition) is 0. The van der Waals surface area contributed by atoms with Crippen LogP contribution < -0.4 is 10.0 Å². The van der Waals surface area contributed by atoms with Crippen molar-refractivity contribution in [2.24, 2.45) is 0 Å². The molecule has 0 amide bonds. The third-order valence-corrected chi connectivity index (χ3v) is 5.17. The Bertz CT molecular complexity index is 556. The van der Waals surface area contributed by atoms with Crippen molar-refractivity contribution in [1.82, 2.24) is 0 Å². The first-order valence-electron chi connectivity index (χ1n) is 6.23. The molecule has 2 unspecified atom stereocenters. The van der Waals surface area contributed by atoms with Crippen LogP contribution in [0, 0.1) is 0 Å². The molecule has 0 spiro atoms. The summed E-state index contributed by atoms with van der Waals surface area (Å²) in [6.45, 7) is 1.96. The maximum atomic E-state index is 12.8. The number of methoxy groups -OCH3 is 2. The topological polar surface area (TPSA) is 71.1 Å². The number of carbonyl (C=O) groups is 1. The summed E-state index contributed by atoms with van der Waals surface area (Å²) in [7, 11) is -0.687. The average molecular weight is 300 g/mol. The van der Waals surface area contributed by atoms with Crippen molar-refractivity contribution in [2.75, 3.05) is 20.8 Å². The summed E-state index contributed by atoms with van der Waals surface area (Å²) in [4.78, 5) is 11.4. The molecule has 7 heteroatoms. The maximum absolute atomic E-state index is 12.8. The average Bonchev–Trinajstić information content (AvgIpc) is 2.72. The van der Waals surface area contributed by atoms with E-state index in [0.717, 1.165) is 0 Å². The number of hydrogen-bond acceptors (Lipinski definition) is 6. The molecule has 1 heterocycles. The smallest absolute Gasteiger partial charge is 0.366 e. The fraction of sp³-hybridized carbons (Fsp3) is 0.462. The van der Waals surface area contributed by atoms with Gasteiger partial charge in [0.25, 0.3) is 0 Å². The first-order valence-corrected chi connectivity index (χ1v) is 7.77. The highest BCUT2D eigenvalue weighted by Gasteiger charge is 2.45. The van der Waals surface area contributed by atoms with Gasteiger partial charge in [-0.05, 0) is 13.0 Å². The fourth-order valence-corrected chi connectivity index (χ4v) is 4.31. The first-order chi connectivity index (χ1) is 9.55. The van der Waals surface area contributed by atoms with Gasteiger partial charge in [-0.2, -0.15) is 0 Å². The van der Waals surface area contributed by atoms with Crippen LogP contribution in [-0.2, 0) is 23.1 Å². The molecule has 0 saturated heterocycles. The lowest BCUT2D eigenvalue weighted by Gasteiger charge is -2.14. The van der Waals surface area contributed by atoms with Crippen LogP contribution in [-0.4, -0.2) is 26.8 Å². The molecule has 0 fully saturated rings. The quantitative estimate of drug-likeness (QED) is 0.613. The summed E-state index contributed by atoms with van der Waals surface area (Å²) in [5, 5.41) is 0.401. The molecule has 2 rings (SSSR count). The second kappa shape index (κ2) is 5.95. The van der Waals surface area contributed by atoms with Gasteiger partial charge >= 0.3 is 13.6 Å². The third kappa shape index (κ3) is 2.59. The number of ether oxygens (including phenoxy) is 2. The van der Waals surface area contributed by atoms with E-state index >= 15 is 0 Å². The van der Waals surface area contributed by atoms with Gasteiger partial charge < -0.3 is 14.0 Å². The van der Waals surface area contributed by atoms with Gasteiger partial charge in [0.15, 0.2) is 0 Å². The first kappa shape index (κ1) is 15.0. The zero-order chi connectivity index (χ0) is 14.8. The van der Waals surface area contributed by atoms with Crippen LogP contribution in [0.5, 0.6) is 5.75 Å². The van der Waals surface area contributed by atoms with Crippen LogP contribution in [0.1, 0.15) is 25.0 Å². The summed E-state index contributed by atoms with van der Waals surface area (Å²) in [6.07, 6.45) is -0.668. The molecule has 0 aromatic heterocycles. The number of fused-ring (bicyclic) bond motifs is 1. The molecule has 1 aliphatic rings. The second-order valence-corrected chi connectivity index (χ2v) is 6.10. The van der Waals surface area contributed by atoms with Crippen molar-refractivity contribution in [3.8, 4) is 5.75 Å². The van der Waals surface area contributed by atoms with Gasteiger partial charge in [-0.1, -0.05) is 12.1 Å². The number of rotatable bonds is 5. The van der Waals surface area contributed by atoms with Crippen molar-refractivity contribution in [2.45, 2.75) is 19.4 Å². The molecule has 20 heavy (non-hydrogen) atoms. The van der Waals surface area contributed by atoms with E-state index < -0.39 is 19.7 Å². The molecule has 0 bridgehead atoms. The van der Waals surface area contributed by atoms with Crippen molar-refractivity contribution in [3.05, 3.63) is 23.8 Å². The Labute approximate surface area is 117 Å². The van der Waals surface area contributed by atoms with Gasteiger partial charge in [0.2, 0.25) is 0 Å². The van der Waals surface area contributed by atoms with Gasteiger partial charge in [0.05, 0.1) is 27.2 Å². The van der Waals surface area contributed by atoms with E-state index in [1.54, 1.807) is 25.1 Å². The Morgan fingerprint density at radius 2 is 2.15 bits per heavy atom. The molecule has 0 N–H and O–H groups in total. The minimum Gasteiger partial charge on any atom is -0.496 e. The number of carbonyl (C=O) groups excluding carboxylic acids is 1. The molecule has 0 saturated carbocycles. The molecule has 1 aliphatic heterocycles. The van der Waals surface area contributed by atoms with Crippen LogP contribution in [0.2, 0.25) is 0 Å². The zero-order valence-corrected chi connectivity index (χ0v) is 12.5. The Hall–Kier alpha value is -1.36. The Morgan fingerprint density at radius 3 is 2.75 bits per heavy atom. The molecule has 2 atom stereocenters. The summed E-state index contributed by atoms with van der Waals surface area (Å²) in [5.41, 5.74) is 0.645. The predicted molar refractivity (Wildman–Crippen MR) is 72.3 cm³/mol. The van der Waals surface area contributed by atoms with E-state index in [2.05, 4.69) is 4.74 Å². The van der Waals surface area contributed by atoms with Crippen LogP contribution in [0.15, 0.2) is 18.2 Å². The zero-order valence-electron chi connectivity index (χ0n) is 11.6. The van der Waals surface area contributed by atoms with Crippen LogP contribution in [0.25, 0.3) is 0 Å². The van der Waals surface area contributed by atoms with E-state index in [-0.39, 0.29) is 13.0 Å².